The molecule has 1 saturated heterocycles. The Labute approximate surface area is 158 Å². The van der Waals surface area contributed by atoms with Gasteiger partial charge in [0.25, 0.3) is 0 Å². The van der Waals surface area contributed by atoms with Crippen LogP contribution in [-0.2, 0) is 6.54 Å². The van der Waals surface area contributed by atoms with Gasteiger partial charge in [-0.25, -0.2) is 14.8 Å². The van der Waals surface area contributed by atoms with E-state index in [1.807, 2.05) is 49.4 Å². The van der Waals surface area contributed by atoms with E-state index in [2.05, 4.69) is 31.6 Å². The van der Waals surface area contributed by atoms with Crippen molar-refractivity contribution >= 4 is 28.4 Å². The zero-order chi connectivity index (χ0) is 18.6. The van der Waals surface area contributed by atoms with E-state index < -0.39 is 0 Å². The minimum Gasteiger partial charge on any atom is -0.341 e. The van der Waals surface area contributed by atoms with Gasteiger partial charge in [0.1, 0.15) is 0 Å². The Bertz CT molecular complexity index is 966. The number of anilines is 2. The topological polar surface area (TPSA) is 70.2 Å². The van der Waals surface area contributed by atoms with Crippen molar-refractivity contribution < 1.29 is 4.79 Å². The third-order valence-corrected chi connectivity index (χ3v) is 4.72. The van der Waals surface area contributed by atoms with Crippen LogP contribution in [0.3, 0.4) is 0 Å². The number of benzene rings is 2. The smallest absolute Gasteiger partial charge is 0.319 e. The lowest BCUT2D eigenvalue weighted by atomic mass is 10.1. The molecule has 0 radical (unpaired) electrons. The highest BCUT2D eigenvalue weighted by Gasteiger charge is 2.16. The van der Waals surface area contributed by atoms with Crippen molar-refractivity contribution in [3.8, 4) is 0 Å². The molecule has 6 heteroatoms. The predicted molar refractivity (Wildman–Crippen MR) is 108 cm³/mol. The molecule has 0 atom stereocenters. The Morgan fingerprint density at radius 3 is 2.63 bits per heavy atom. The third kappa shape index (κ3) is 4.16. The summed E-state index contributed by atoms with van der Waals surface area (Å²) in [6, 6.07) is 15.6. The molecule has 1 aliphatic heterocycles. The number of amides is 2. The number of carbonyl (C=O) groups is 1. The van der Waals surface area contributed by atoms with Gasteiger partial charge in [-0.1, -0.05) is 30.3 Å². The summed E-state index contributed by atoms with van der Waals surface area (Å²) in [7, 11) is 0. The fourth-order valence-electron chi connectivity index (χ4n) is 3.38. The Morgan fingerprint density at radius 1 is 1.04 bits per heavy atom. The minimum absolute atomic E-state index is 0.246. The number of hydrogen-bond donors (Lipinski definition) is 2. The maximum Gasteiger partial charge on any atom is 0.319 e. The summed E-state index contributed by atoms with van der Waals surface area (Å²) in [6.07, 6.45) is 2.36. The molecule has 2 N–H and O–H groups in total. The van der Waals surface area contributed by atoms with Crippen molar-refractivity contribution in [1.82, 2.24) is 15.3 Å². The van der Waals surface area contributed by atoms with E-state index in [0.29, 0.717) is 6.54 Å². The molecule has 4 rings (SSSR count). The first-order valence-corrected chi connectivity index (χ1v) is 9.30. The molecule has 3 aromatic rings. The van der Waals surface area contributed by atoms with Gasteiger partial charge in [-0.05, 0) is 48.7 Å². The van der Waals surface area contributed by atoms with Gasteiger partial charge in [0.2, 0.25) is 5.95 Å². The lowest BCUT2D eigenvalue weighted by molar-refractivity contribution is 0.251. The Kier molecular flexibility index (Phi) is 4.87. The molecule has 2 aromatic carbocycles. The van der Waals surface area contributed by atoms with Gasteiger partial charge < -0.3 is 15.5 Å². The Hall–Kier alpha value is -3.15. The van der Waals surface area contributed by atoms with Crippen LogP contribution in [0.5, 0.6) is 0 Å². The molecule has 138 valence electrons. The second-order valence-corrected chi connectivity index (χ2v) is 6.86. The van der Waals surface area contributed by atoms with E-state index in [-0.39, 0.29) is 6.03 Å². The van der Waals surface area contributed by atoms with Crippen molar-refractivity contribution in [2.75, 3.05) is 23.3 Å². The van der Waals surface area contributed by atoms with Crippen LogP contribution < -0.4 is 15.5 Å². The molecule has 0 unspecified atom stereocenters. The first-order chi connectivity index (χ1) is 13.2. The molecule has 0 aliphatic carbocycles. The van der Waals surface area contributed by atoms with Gasteiger partial charge in [0.15, 0.2) is 0 Å². The summed E-state index contributed by atoms with van der Waals surface area (Å²) in [4.78, 5) is 23.6. The van der Waals surface area contributed by atoms with Gasteiger partial charge >= 0.3 is 6.03 Å². The van der Waals surface area contributed by atoms with Gasteiger partial charge in [-0.3, -0.25) is 0 Å². The van der Waals surface area contributed by atoms with Crippen LogP contribution in [0.4, 0.5) is 16.4 Å². The average Bonchev–Trinajstić information content (AvgIpc) is 3.21. The second kappa shape index (κ2) is 7.61. The van der Waals surface area contributed by atoms with Gasteiger partial charge in [0.05, 0.1) is 12.2 Å². The van der Waals surface area contributed by atoms with Crippen molar-refractivity contribution in [2.24, 2.45) is 0 Å². The van der Waals surface area contributed by atoms with Crippen LogP contribution in [-0.4, -0.2) is 29.1 Å². The molecular weight excluding hydrogens is 338 g/mol. The summed E-state index contributed by atoms with van der Waals surface area (Å²) in [5.74, 6) is 0.763. The van der Waals surface area contributed by atoms with Crippen LogP contribution in [0.25, 0.3) is 10.8 Å². The lowest BCUT2D eigenvalue weighted by Gasteiger charge is -2.16. The SMILES string of the molecule is Cc1cc(CNC(=O)Nc2ccc3ccccc3c2)nc(N2CCCC2)n1. The molecule has 2 heterocycles. The van der Waals surface area contributed by atoms with Crippen molar-refractivity contribution in [3.05, 3.63) is 59.9 Å². The fraction of sp³-hybridized carbons (Fsp3) is 0.286. The van der Waals surface area contributed by atoms with Gasteiger partial charge in [0, 0.05) is 24.5 Å². The average molecular weight is 361 g/mol. The number of aromatic nitrogens is 2. The highest BCUT2D eigenvalue weighted by molar-refractivity contribution is 5.93. The summed E-state index contributed by atoms with van der Waals surface area (Å²) in [5.41, 5.74) is 2.50. The molecule has 2 amide bonds. The summed E-state index contributed by atoms with van der Waals surface area (Å²) < 4.78 is 0. The van der Waals surface area contributed by atoms with Gasteiger partial charge in [-0.15, -0.1) is 0 Å². The third-order valence-electron chi connectivity index (χ3n) is 4.72. The van der Waals surface area contributed by atoms with Crippen LogP contribution in [0.1, 0.15) is 24.2 Å². The number of urea groups is 1. The molecular formula is C21H23N5O. The molecule has 0 saturated carbocycles. The summed E-state index contributed by atoms with van der Waals surface area (Å²) in [6.45, 7) is 4.32. The number of aryl methyl sites for hydroxylation is 1. The molecule has 6 nitrogen and oxygen atoms in total. The lowest BCUT2D eigenvalue weighted by Crippen LogP contribution is -2.29. The molecule has 0 bridgehead atoms. The quantitative estimate of drug-likeness (QED) is 0.740. The first-order valence-electron chi connectivity index (χ1n) is 9.30. The Balaban J connectivity index is 1.39. The van der Waals surface area contributed by atoms with E-state index in [1.54, 1.807) is 0 Å². The minimum atomic E-state index is -0.246. The predicted octanol–water partition coefficient (Wildman–Crippen LogP) is 3.86. The van der Waals surface area contributed by atoms with Crippen LogP contribution in [0, 0.1) is 6.92 Å². The zero-order valence-electron chi connectivity index (χ0n) is 15.4. The molecule has 1 aliphatic rings. The highest BCUT2D eigenvalue weighted by atomic mass is 16.2. The number of nitrogens with one attached hydrogen (secondary N) is 2. The van der Waals surface area contributed by atoms with Crippen molar-refractivity contribution in [1.29, 1.82) is 0 Å². The maximum atomic E-state index is 12.3. The van der Waals surface area contributed by atoms with E-state index in [0.717, 1.165) is 46.9 Å². The molecule has 1 fully saturated rings. The molecule has 27 heavy (non-hydrogen) atoms. The Morgan fingerprint density at radius 2 is 1.81 bits per heavy atom. The zero-order valence-corrected chi connectivity index (χ0v) is 15.4. The van der Waals surface area contributed by atoms with Gasteiger partial charge in [-0.2, -0.15) is 0 Å². The monoisotopic (exact) mass is 361 g/mol. The largest absolute Gasteiger partial charge is 0.341 e. The van der Waals surface area contributed by atoms with E-state index in [9.17, 15) is 4.79 Å². The summed E-state index contributed by atoms with van der Waals surface area (Å²) in [5, 5.41) is 8.01. The van der Waals surface area contributed by atoms with E-state index in [1.165, 1.54) is 12.8 Å². The highest BCUT2D eigenvalue weighted by Crippen LogP contribution is 2.19. The number of nitrogens with zero attached hydrogens (tertiary/aromatic N) is 3. The first kappa shape index (κ1) is 17.3. The van der Waals surface area contributed by atoms with Crippen molar-refractivity contribution in [2.45, 2.75) is 26.3 Å². The number of hydrogen-bond acceptors (Lipinski definition) is 4. The molecule has 0 spiro atoms. The number of carbonyl (C=O) groups excluding carboxylic acids is 1. The molecule has 1 aromatic heterocycles. The van der Waals surface area contributed by atoms with E-state index in [4.69, 9.17) is 0 Å². The standard InChI is InChI=1S/C21H23N5O/c1-15-12-19(24-20(23-15)26-10-4-5-11-26)14-22-21(27)25-18-9-8-16-6-2-3-7-17(16)13-18/h2-3,6-9,12-13H,4-5,10-11,14H2,1H3,(H2,22,25,27). The number of rotatable bonds is 4. The van der Waals surface area contributed by atoms with Crippen LogP contribution in [0.15, 0.2) is 48.5 Å². The number of fused-ring (bicyclic) bond motifs is 1. The maximum absolute atomic E-state index is 12.3. The normalized spacial score (nSPS) is 13.7. The van der Waals surface area contributed by atoms with Crippen LogP contribution >= 0.6 is 0 Å². The second-order valence-electron chi connectivity index (χ2n) is 6.86. The van der Waals surface area contributed by atoms with Crippen LogP contribution in [0.2, 0.25) is 0 Å². The van der Waals surface area contributed by atoms with E-state index >= 15 is 0 Å². The van der Waals surface area contributed by atoms with Crippen molar-refractivity contribution in [3.63, 3.8) is 0 Å². The summed E-state index contributed by atoms with van der Waals surface area (Å²) >= 11 is 0. The fourth-order valence-corrected chi connectivity index (χ4v) is 3.38.